The number of hydrogen-bond acceptors (Lipinski definition) is 3. The minimum absolute atomic E-state index is 0.0477. The smallest absolute Gasteiger partial charge is 0.243 e. The van der Waals surface area contributed by atoms with Crippen molar-refractivity contribution in [1.29, 1.82) is 0 Å². The number of carbonyl (C=O) groups excluding carboxylic acids is 1. The quantitative estimate of drug-likeness (QED) is 0.445. The summed E-state index contributed by atoms with van der Waals surface area (Å²) >= 11 is 0. The maximum atomic E-state index is 13.9. The van der Waals surface area contributed by atoms with Gasteiger partial charge in [-0.05, 0) is 13.0 Å². The number of carbonyl (C=O) groups is 1. The molecule has 2 N–H and O–H groups in total. The van der Waals surface area contributed by atoms with Gasteiger partial charge in [-0.2, -0.15) is 0 Å². The number of hydrogen-bond donors (Lipinski definition) is 2. The van der Waals surface area contributed by atoms with Gasteiger partial charge >= 0.3 is 0 Å². The van der Waals surface area contributed by atoms with Crippen molar-refractivity contribution < 1.29 is 18.3 Å². The van der Waals surface area contributed by atoms with Gasteiger partial charge < -0.3 is 20.3 Å². The summed E-state index contributed by atoms with van der Waals surface area (Å²) in [6.45, 7) is 2.59. The van der Waals surface area contributed by atoms with E-state index < -0.39 is 17.7 Å². The number of aliphatic imine (C=N–C) groups is 1. The molecule has 1 aromatic rings. The Morgan fingerprint density at radius 2 is 2.08 bits per heavy atom. The van der Waals surface area contributed by atoms with Gasteiger partial charge in [0.05, 0.1) is 12.6 Å². The zero-order valence-electron chi connectivity index (χ0n) is 14.4. The Kier molecular flexibility index (Phi) is 8.11. The highest BCUT2D eigenvalue weighted by molar-refractivity contribution is 5.85. The number of methoxy groups -OCH3 is 1. The lowest BCUT2D eigenvalue weighted by atomic mass is 10.1. The largest absolute Gasteiger partial charge is 0.383 e. The Bertz CT molecular complexity index is 579. The molecule has 24 heavy (non-hydrogen) atoms. The molecule has 0 aliphatic carbocycles. The van der Waals surface area contributed by atoms with Crippen LogP contribution in [0.1, 0.15) is 18.5 Å². The van der Waals surface area contributed by atoms with Gasteiger partial charge in [-0.1, -0.05) is 6.07 Å². The number of halogens is 2. The van der Waals surface area contributed by atoms with E-state index in [-0.39, 0.29) is 12.5 Å². The summed E-state index contributed by atoms with van der Waals surface area (Å²) in [7, 11) is 4.84. The van der Waals surface area contributed by atoms with Crippen LogP contribution >= 0.6 is 0 Å². The predicted molar refractivity (Wildman–Crippen MR) is 88.8 cm³/mol. The van der Waals surface area contributed by atoms with E-state index in [9.17, 15) is 13.6 Å². The van der Waals surface area contributed by atoms with E-state index in [0.717, 1.165) is 6.07 Å². The van der Waals surface area contributed by atoms with Crippen molar-refractivity contribution in [3.63, 3.8) is 0 Å². The molecular weight excluding hydrogens is 318 g/mol. The van der Waals surface area contributed by atoms with Gasteiger partial charge in [0, 0.05) is 39.4 Å². The van der Waals surface area contributed by atoms with Crippen molar-refractivity contribution in [2.24, 2.45) is 4.99 Å². The Morgan fingerprint density at radius 3 is 2.67 bits per heavy atom. The highest BCUT2D eigenvalue weighted by Gasteiger charge is 2.14. The van der Waals surface area contributed by atoms with Crippen LogP contribution < -0.4 is 10.6 Å². The summed E-state index contributed by atoms with van der Waals surface area (Å²) in [5.74, 6) is -1.09. The average molecular weight is 342 g/mol. The molecule has 0 aromatic heterocycles. The van der Waals surface area contributed by atoms with Crippen molar-refractivity contribution in [2.45, 2.75) is 13.0 Å². The Balaban J connectivity index is 2.81. The molecule has 0 bridgehead atoms. The molecule has 1 amide bonds. The first-order chi connectivity index (χ1) is 11.3. The Labute approximate surface area is 140 Å². The molecule has 6 nitrogen and oxygen atoms in total. The van der Waals surface area contributed by atoms with E-state index in [1.807, 2.05) is 0 Å². The first-order valence-corrected chi connectivity index (χ1v) is 7.54. The topological polar surface area (TPSA) is 66.0 Å². The zero-order valence-corrected chi connectivity index (χ0v) is 14.4. The fourth-order valence-corrected chi connectivity index (χ4v) is 1.85. The molecule has 0 fully saturated rings. The standard InChI is InChI=1S/C16H24F2N4O2/c1-11(13-6-5-12(17)9-14(13)18)21-16(19-7-8-24-4)20-10-15(23)22(2)3/h5-6,9,11H,7-8,10H2,1-4H3,(H2,19,20,21). The van der Waals surface area contributed by atoms with Crippen molar-refractivity contribution in [1.82, 2.24) is 15.5 Å². The maximum Gasteiger partial charge on any atom is 0.243 e. The lowest BCUT2D eigenvalue weighted by molar-refractivity contribution is -0.127. The van der Waals surface area contributed by atoms with E-state index in [4.69, 9.17) is 4.74 Å². The summed E-state index contributed by atoms with van der Waals surface area (Å²) in [5, 5.41) is 5.99. The number of amides is 1. The minimum Gasteiger partial charge on any atom is -0.383 e. The number of nitrogens with one attached hydrogen (secondary N) is 2. The molecule has 1 rings (SSSR count). The van der Waals surface area contributed by atoms with Gasteiger partial charge in [-0.15, -0.1) is 0 Å². The minimum atomic E-state index is -0.643. The first-order valence-electron chi connectivity index (χ1n) is 7.54. The van der Waals surface area contributed by atoms with Crippen LogP contribution in [0, 0.1) is 11.6 Å². The number of benzene rings is 1. The molecule has 0 radical (unpaired) electrons. The molecule has 0 aliphatic heterocycles. The van der Waals surface area contributed by atoms with Gasteiger partial charge in [-0.25, -0.2) is 13.8 Å². The summed E-state index contributed by atoms with van der Waals surface area (Å²) < 4.78 is 31.8. The molecule has 1 atom stereocenters. The third-order valence-corrected chi connectivity index (χ3v) is 3.25. The van der Waals surface area contributed by atoms with Crippen LogP contribution in [-0.2, 0) is 9.53 Å². The fourth-order valence-electron chi connectivity index (χ4n) is 1.85. The molecule has 134 valence electrons. The van der Waals surface area contributed by atoms with Crippen LogP contribution in [0.2, 0.25) is 0 Å². The molecule has 1 unspecified atom stereocenters. The van der Waals surface area contributed by atoms with Crippen molar-refractivity contribution >= 4 is 11.9 Å². The van der Waals surface area contributed by atoms with Gasteiger partial charge in [-0.3, -0.25) is 4.79 Å². The van der Waals surface area contributed by atoms with Crippen LogP contribution in [0.25, 0.3) is 0 Å². The summed E-state index contributed by atoms with van der Waals surface area (Å²) in [4.78, 5) is 17.3. The van der Waals surface area contributed by atoms with Crippen LogP contribution in [0.15, 0.2) is 23.2 Å². The van der Waals surface area contributed by atoms with Crippen molar-refractivity contribution in [3.05, 3.63) is 35.4 Å². The normalized spacial score (nSPS) is 12.7. The second-order valence-electron chi connectivity index (χ2n) is 5.40. The lowest BCUT2D eigenvalue weighted by Gasteiger charge is -2.19. The number of ether oxygens (including phenoxy) is 1. The summed E-state index contributed by atoms with van der Waals surface area (Å²) in [6, 6.07) is 2.94. The van der Waals surface area contributed by atoms with Gasteiger partial charge in [0.25, 0.3) is 0 Å². The Morgan fingerprint density at radius 1 is 1.38 bits per heavy atom. The van der Waals surface area contributed by atoms with Crippen LogP contribution in [0.4, 0.5) is 8.78 Å². The molecule has 0 spiro atoms. The summed E-state index contributed by atoms with van der Waals surface area (Å²) in [6.07, 6.45) is 0. The zero-order chi connectivity index (χ0) is 18.1. The summed E-state index contributed by atoms with van der Waals surface area (Å²) in [5.41, 5.74) is 0.302. The van der Waals surface area contributed by atoms with Crippen molar-refractivity contribution in [3.8, 4) is 0 Å². The van der Waals surface area contributed by atoms with Crippen LogP contribution in [-0.4, -0.2) is 57.7 Å². The average Bonchev–Trinajstić information content (AvgIpc) is 2.51. The number of rotatable bonds is 7. The SMILES string of the molecule is COCCNC(=NCC(=O)N(C)C)NC(C)c1ccc(F)cc1F. The maximum absolute atomic E-state index is 13.9. The third kappa shape index (κ3) is 6.49. The molecule has 0 aliphatic rings. The van der Waals surface area contributed by atoms with Crippen LogP contribution in [0.3, 0.4) is 0 Å². The fraction of sp³-hybridized carbons (Fsp3) is 0.500. The Hall–Kier alpha value is -2.22. The van der Waals surface area contributed by atoms with E-state index in [1.165, 1.54) is 17.0 Å². The second-order valence-corrected chi connectivity index (χ2v) is 5.40. The van der Waals surface area contributed by atoms with Gasteiger partial charge in [0.1, 0.15) is 18.2 Å². The van der Waals surface area contributed by atoms with Crippen molar-refractivity contribution in [2.75, 3.05) is 40.9 Å². The highest BCUT2D eigenvalue weighted by Crippen LogP contribution is 2.17. The van der Waals surface area contributed by atoms with E-state index >= 15 is 0 Å². The van der Waals surface area contributed by atoms with Gasteiger partial charge in [0.15, 0.2) is 5.96 Å². The second kappa shape index (κ2) is 9.82. The van der Waals surface area contributed by atoms with E-state index in [2.05, 4.69) is 15.6 Å². The number of likely N-dealkylation sites (N-methyl/N-ethyl adjacent to an activating group) is 1. The molecule has 0 saturated heterocycles. The predicted octanol–water partition coefficient (Wildman–Crippen LogP) is 1.30. The van der Waals surface area contributed by atoms with E-state index in [1.54, 1.807) is 28.1 Å². The lowest BCUT2D eigenvalue weighted by Crippen LogP contribution is -2.41. The molecule has 1 aromatic carbocycles. The molecule has 0 heterocycles. The number of nitrogens with zero attached hydrogens (tertiary/aromatic N) is 2. The van der Waals surface area contributed by atoms with E-state index in [0.29, 0.717) is 24.7 Å². The monoisotopic (exact) mass is 342 g/mol. The third-order valence-electron chi connectivity index (χ3n) is 3.25. The molecule has 8 heteroatoms. The van der Waals surface area contributed by atoms with Gasteiger partial charge in [0.2, 0.25) is 5.91 Å². The first kappa shape index (κ1) is 19.8. The molecular formula is C16H24F2N4O2. The highest BCUT2D eigenvalue weighted by atomic mass is 19.1. The number of guanidine groups is 1. The molecule has 0 saturated carbocycles. The van der Waals surface area contributed by atoms with Crippen LogP contribution in [0.5, 0.6) is 0 Å².